The van der Waals surface area contributed by atoms with Crippen molar-refractivity contribution in [1.29, 1.82) is 0 Å². The van der Waals surface area contributed by atoms with E-state index in [0.717, 1.165) is 0 Å². The van der Waals surface area contributed by atoms with Crippen molar-refractivity contribution in [3.05, 3.63) is 29.8 Å². The van der Waals surface area contributed by atoms with Gasteiger partial charge >= 0.3 is 89.5 Å². The van der Waals surface area contributed by atoms with E-state index in [1.807, 2.05) is 0 Å². The molecule has 0 aromatic heterocycles. The molecule has 0 bridgehead atoms. The van der Waals surface area contributed by atoms with Gasteiger partial charge < -0.3 is 17.3 Å². The van der Waals surface area contributed by atoms with Gasteiger partial charge in [0.25, 0.3) is 0 Å². The molecule has 17 heavy (non-hydrogen) atoms. The fraction of sp³-hybridized carbons (Fsp3) is 0.400. The Balaban J connectivity index is 0.000000437. The predicted molar refractivity (Wildman–Crippen MR) is 64.1 cm³/mol. The molecule has 7 heteroatoms. The van der Waals surface area contributed by atoms with Gasteiger partial charge in [-0.3, -0.25) is 0 Å². The van der Waals surface area contributed by atoms with Crippen molar-refractivity contribution in [2.75, 3.05) is 14.1 Å². The summed E-state index contributed by atoms with van der Waals surface area (Å²) in [5, 5.41) is 0. The van der Waals surface area contributed by atoms with E-state index in [2.05, 4.69) is 66.2 Å². The Labute approximate surface area is 107 Å². The van der Waals surface area contributed by atoms with Crippen LogP contribution in [-0.2, 0) is 0 Å². The van der Waals surface area contributed by atoms with Crippen molar-refractivity contribution >= 4 is 27.7 Å². The second-order valence-corrected chi connectivity index (χ2v) is 4.60. The zero-order valence-electron chi connectivity index (χ0n) is 9.83. The van der Waals surface area contributed by atoms with Gasteiger partial charge in [0.05, 0.1) is 0 Å². The molecule has 1 rings (SSSR count). The quantitative estimate of drug-likeness (QED) is 0.599. The van der Waals surface area contributed by atoms with Gasteiger partial charge in [0.1, 0.15) is 0 Å². The van der Waals surface area contributed by atoms with Crippen LogP contribution < -0.4 is 4.46 Å². The Morgan fingerprint density at radius 3 is 1.88 bits per heavy atom. The van der Waals surface area contributed by atoms with Gasteiger partial charge in [0.2, 0.25) is 0 Å². The third kappa shape index (κ3) is 8.24. The Kier molecular flexibility index (Phi) is 6.82. The number of hydrogen-bond acceptors (Lipinski definition) is 1. The van der Waals surface area contributed by atoms with E-state index in [4.69, 9.17) is 0 Å². The number of hydrogen-bond donors (Lipinski definition) is 0. The van der Waals surface area contributed by atoms with E-state index in [-0.39, 0.29) is 0 Å². The summed E-state index contributed by atoms with van der Waals surface area (Å²) in [4.78, 5) is 2.20. The summed E-state index contributed by atoms with van der Waals surface area (Å²) in [5.74, 6) is 0. The maximum Gasteiger partial charge on any atom is 0.673 e. The predicted octanol–water partition coefficient (Wildman–Crippen LogP) is 2.40. The van der Waals surface area contributed by atoms with E-state index < -0.39 is 7.25 Å². The van der Waals surface area contributed by atoms with Gasteiger partial charge in [-0.2, -0.15) is 0 Å². The zero-order valence-corrected chi connectivity index (χ0v) is 11.5. The second kappa shape index (κ2) is 7.04. The van der Waals surface area contributed by atoms with Crippen LogP contribution >= 0.6 is 0 Å². The minimum atomic E-state index is -6.00. The molecule has 0 unspecified atom stereocenters. The summed E-state index contributed by atoms with van der Waals surface area (Å²) < 4.78 is 40.2. The maximum absolute atomic E-state index is 9.75. The van der Waals surface area contributed by atoms with Crippen molar-refractivity contribution < 1.29 is 17.3 Å². The van der Waals surface area contributed by atoms with Crippen LogP contribution in [0.2, 0.25) is 0 Å². The molecular formula is C10H14BF4NSe. The molecule has 0 fully saturated rings. The van der Waals surface area contributed by atoms with Gasteiger partial charge in [0, 0.05) is 0 Å². The molecule has 2 radical (unpaired) electrons. The first-order valence-corrected chi connectivity index (χ1v) is 5.78. The van der Waals surface area contributed by atoms with Crippen LogP contribution in [0.5, 0.6) is 0 Å². The fourth-order valence-corrected chi connectivity index (χ4v) is 1.77. The molecule has 1 aromatic rings. The number of halogens is 4. The number of benzene rings is 1. The SMILES string of the molecule is C[C@H](c1ccccc1[Se+])N(C)C.F[B-](F)(F)F. The Bertz CT molecular complexity index is 337. The largest absolute Gasteiger partial charge is 0.673 e. The molecule has 0 aliphatic heterocycles. The molecule has 1 nitrogen and oxygen atoms in total. The van der Waals surface area contributed by atoms with E-state index >= 15 is 0 Å². The van der Waals surface area contributed by atoms with Gasteiger partial charge in [-0.05, 0) is 0 Å². The molecule has 0 saturated carbocycles. The third-order valence-electron chi connectivity index (χ3n) is 2.14. The summed E-state index contributed by atoms with van der Waals surface area (Å²) in [5.41, 5.74) is 1.36. The minimum Gasteiger partial charge on any atom is -0.418 e. The average Bonchev–Trinajstić information content (AvgIpc) is 2.14. The first kappa shape index (κ1) is 16.5. The van der Waals surface area contributed by atoms with Crippen molar-refractivity contribution in [2.24, 2.45) is 0 Å². The summed E-state index contributed by atoms with van der Waals surface area (Å²) in [6, 6.07) is 8.88. The number of nitrogens with zero attached hydrogens (tertiary/aromatic N) is 1. The third-order valence-corrected chi connectivity index (χ3v) is 2.92. The smallest absolute Gasteiger partial charge is 0.418 e. The fourth-order valence-electron chi connectivity index (χ4n) is 1.10. The molecule has 0 spiro atoms. The van der Waals surface area contributed by atoms with Crippen LogP contribution in [-0.4, -0.2) is 42.3 Å². The van der Waals surface area contributed by atoms with Crippen molar-refractivity contribution in [2.45, 2.75) is 13.0 Å². The minimum absolute atomic E-state index is 0.474. The van der Waals surface area contributed by atoms with Gasteiger partial charge in [-0.15, -0.1) is 0 Å². The van der Waals surface area contributed by atoms with Crippen molar-refractivity contribution in [1.82, 2.24) is 4.90 Å². The summed E-state index contributed by atoms with van der Waals surface area (Å²) in [6.07, 6.45) is 0. The zero-order chi connectivity index (χ0) is 13.6. The molecule has 0 amide bonds. The first-order chi connectivity index (χ1) is 7.63. The summed E-state index contributed by atoms with van der Waals surface area (Å²) in [6.45, 7) is 2.20. The molecular weight excluding hydrogens is 300 g/mol. The molecule has 96 valence electrons. The Hall–Kier alpha value is -0.516. The van der Waals surface area contributed by atoms with E-state index in [1.54, 1.807) is 0 Å². The van der Waals surface area contributed by atoms with Gasteiger partial charge in [-0.1, -0.05) is 0 Å². The standard InChI is InChI=1S/C10H14NSe.BF4/c1-8(11(2)3)9-6-4-5-7-10(9)12;2-1(3,4)5/h4-8H,1-3H3;/q+1;-1/t8-;/m1./s1. The average molecular weight is 314 g/mol. The van der Waals surface area contributed by atoms with E-state index in [9.17, 15) is 17.3 Å². The van der Waals surface area contributed by atoms with Gasteiger partial charge in [0.15, 0.2) is 0 Å². The van der Waals surface area contributed by atoms with Crippen LogP contribution in [0.25, 0.3) is 0 Å². The van der Waals surface area contributed by atoms with Crippen LogP contribution in [0.4, 0.5) is 17.3 Å². The monoisotopic (exact) mass is 315 g/mol. The van der Waals surface area contributed by atoms with Crippen molar-refractivity contribution in [3.63, 3.8) is 0 Å². The summed E-state index contributed by atoms with van der Waals surface area (Å²) in [7, 11) is -1.81. The Morgan fingerprint density at radius 2 is 1.53 bits per heavy atom. The van der Waals surface area contributed by atoms with Crippen LogP contribution in [0, 0.1) is 0 Å². The molecule has 0 N–H and O–H groups in total. The molecule has 0 saturated heterocycles. The molecule has 0 aliphatic carbocycles. The summed E-state index contributed by atoms with van der Waals surface area (Å²) >= 11 is 3.08. The molecule has 1 aromatic carbocycles. The van der Waals surface area contributed by atoms with E-state index in [0.29, 0.717) is 6.04 Å². The molecule has 1 atom stereocenters. The molecule has 0 aliphatic rings. The van der Waals surface area contributed by atoms with Crippen LogP contribution in [0.1, 0.15) is 18.5 Å². The normalized spacial score (nSPS) is 12.9. The molecule has 0 heterocycles. The van der Waals surface area contributed by atoms with Crippen molar-refractivity contribution in [3.8, 4) is 0 Å². The van der Waals surface area contributed by atoms with E-state index in [1.165, 1.54) is 10.0 Å². The van der Waals surface area contributed by atoms with Crippen LogP contribution in [0.3, 0.4) is 0 Å². The van der Waals surface area contributed by atoms with Crippen LogP contribution in [0.15, 0.2) is 24.3 Å². The second-order valence-electron chi connectivity index (χ2n) is 3.67. The number of rotatable bonds is 2. The maximum atomic E-state index is 9.75. The Morgan fingerprint density at radius 1 is 1.12 bits per heavy atom. The topological polar surface area (TPSA) is 3.24 Å². The van der Waals surface area contributed by atoms with Gasteiger partial charge in [-0.25, -0.2) is 0 Å². The first-order valence-electron chi connectivity index (χ1n) is 4.92.